The van der Waals surface area contributed by atoms with Gasteiger partial charge in [-0.3, -0.25) is 9.59 Å². The van der Waals surface area contributed by atoms with Crippen molar-refractivity contribution in [3.05, 3.63) is 41.9 Å². The Kier molecular flexibility index (Phi) is 4.84. The second-order valence-corrected chi connectivity index (χ2v) is 5.54. The van der Waals surface area contributed by atoms with Crippen molar-refractivity contribution < 1.29 is 32.0 Å². The Morgan fingerprint density at radius 3 is 2.70 bits per heavy atom. The number of imidazole rings is 1. The molecule has 1 N–H and O–H groups in total. The number of aromatic nitrogens is 3. The van der Waals surface area contributed by atoms with E-state index in [1.165, 1.54) is 30.3 Å². The van der Waals surface area contributed by atoms with E-state index in [9.17, 15) is 22.8 Å². The lowest BCUT2D eigenvalue weighted by atomic mass is 10.3. The van der Waals surface area contributed by atoms with Crippen LogP contribution in [0.25, 0.3) is 11.0 Å². The molecular formula is C16H13F3N4O4. The molecule has 2 heterocycles. The minimum absolute atomic E-state index is 0.0942. The fraction of sp³-hybridized carbons (Fsp3) is 0.250. The molecule has 142 valence electrons. The Labute approximate surface area is 149 Å². The first-order valence-corrected chi connectivity index (χ1v) is 7.65. The number of para-hydroxylation sites is 2. The molecule has 0 aliphatic heterocycles. The van der Waals surface area contributed by atoms with Crippen molar-refractivity contribution in [1.29, 1.82) is 0 Å². The number of esters is 1. The molecule has 0 bridgehead atoms. The second kappa shape index (κ2) is 7.09. The number of nitrogens with one attached hydrogen (secondary N) is 1. The molecule has 0 spiro atoms. The molecule has 0 saturated heterocycles. The van der Waals surface area contributed by atoms with Crippen molar-refractivity contribution in [2.24, 2.45) is 0 Å². The van der Waals surface area contributed by atoms with E-state index in [4.69, 9.17) is 9.26 Å². The summed E-state index contributed by atoms with van der Waals surface area (Å²) in [5, 5.41) is 5.85. The number of hydrogen-bond acceptors (Lipinski definition) is 6. The van der Waals surface area contributed by atoms with Crippen LogP contribution in [-0.4, -0.2) is 33.2 Å². The first-order chi connectivity index (χ1) is 12.7. The van der Waals surface area contributed by atoms with Gasteiger partial charge in [-0.15, -0.1) is 0 Å². The topological polar surface area (TPSA) is 99.2 Å². The molecule has 0 radical (unpaired) electrons. The Morgan fingerprint density at radius 2 is 2.04 bits per heavy atom. The minimum atomic E-state index is -4.75. The molecule has 1 aromatic carbocycles. The van der Waals surface area contributed by atoms with E-state index in [1.54, 1.807) is 6.92 Å². The number of ether oxygens (including phenoxy) is 1. The van der Waals surface area contributed by atoms with E-state index in [1.807, 2.05) is 0 Å². The summed E-state index contributed by atoms with van der Waals surface area (Å²) in [4.78, 5) is 27.2. The van der Waals surface area contributed by atoms with Crippen molar-refractivity contribution in [1.82, 2.24) is 14.7 Å². The molecule has 3 aromatic rings. The van der Waals surface area contributed by atoms with Gasteiger partial charge in [0.15, 0.2) is 12.4 Å². The van der Waals surface area contributed by atoms with Crippen molar-refractivity contribution >= 4 is 28.7 Å². The summed E-state index contributed by atoms with van der Waals surface area (Å²) in [6.45, 7) is 0.195. The van der Waals surface area contributed by atoms with Gasteiger partial charge in [-0.2, -0.15) is 13.2 Å². The summed E-state index contributed by atoms with van der Waals surface area (Å²) < 4.78 is 49.7. The van der Waals surface area contributed by atoms with Crippen molar-refractivity contribution in [2.45, 2.75) is 19.6 Å². The molecule has 3 rings (SSSR count). The molecule has 0 unspecified atom stereocenters. The summed E-state index contributed by atoms with van der Waals surface area (Å²) >= 11 is 0. The van der Waals surface area contributed by atoms with Crippen LogP contribution < -0.4 is 5.32 Å². The smallest absolute Gasteiger partial charge is 0.449 e. The largest absolute Gasteiger partial charge is 0.454 e. The fourth-order valence-corrected chi connectivity index (χ4v) is 2.38. The summed E-state index contributed by atoms with van der Waals surface area (Å²) in [5.41, 5.74) is 0.223. The minimum Gasteiger partial charge on any atom is -0.454 e. The molecule has 2 aromatic heterocycles. The van der Waals surface area contributed by atoms with Crippen LogP contribution in [0.4, 0.5) is 19.0 Å². The van der Waals surface area contributed by atoms with Gasteiger partial charge in [-0.25, -0.2) is 4.98 Å². The van der Waals surface area contributed by atoms with Crippen LogP contribution in [0.2, 0.25) is 0 Å². The van der Waals surface area contributed by atoms with E-state index in [-0.39, 0.29) is 16.9 Å². The zero-order chi connectivity index (χ0) is 19.6. The van der Waals surface area contributed by atoms with Crippen molar-refractivity contribution in [2.75, 3.05) is 11.9 Å². The lowest BCUT2D eigenvalue weighted by Crippen LogP contribution is -2.25. The Hall–Kier alpha value is -3.37. The monoisotopic (exact) mass is 382 g/mol. The third-order valence-electron chi connectivity index (χ3n) is 3.46. The van der Waals surface area contributed by atoms with Gasteiger partial charge < -0.3 is 19.1 Å². The fourth-order valence-electron chi connectivity index (χ4n) is 2.38. The predicted octanol–water partition coefficient (Wildman–Crippen LogP) is 2.53. The van der Waals surface area contributed by atoms with Crippen molar-refractivity contribution in [3.8, 4) is 0 Å². The first-order valence-electron chi connectivity index (χ1n) is 7.65. The van der Waals surface area contributed by atoms with E-state index in [0.29, 0.717) is 10.3 Å². The quantitative estimate of drug-likeness (QED) is 0.681. The predicted molar refractivity (Wildman–Crippen MR) is 85.6 cm³/mol. The van der Waals surface area contributed by atoms with Crippen LogP contribution in [-0.2, 0) is 27.0 Å². The number of carbonyl (C=O) groups excluding carboxylic acids is 2. The number of fused-ring (bicyclic) bond motifs is 1. The highest BCUT2D eigenvalue weighted by Crippen LogP contribution is 2.31. The SMILES string of the molecule is Cc1cc(NC(=O)COC(=O)Cn2c(C(F)(F)F)nc3ccccc32)no1. The zero-order valence-corrected chi connectivity index (χ0v) is 13.9. The van der Waals surface area contributed by atoms with Crippen LogP contribution in [0.15, 0.2) is 34.9 Å². The Morgan fingerprint density at radius 1 is 1.30 bits per heavy atom. The highest BCUT2D eigenvalue weighted by molar-refractivity contribution is 5.92. The third kappa shape index (κ3) is 4.25. The van der Waals surface area contributed by atoms with Crippen LogP contribution in [0.5, 0.6) is 0 Å². The lowest BCUT2D eigenvalue weighted by Gasteiger charge is -2.11. The summed E-state index contributed by atoms with van der Waals surface area (Å²) in [6, 6.07) is 7.32. The van der Waals surface area contributed by atoms with Crippen LogP contribution in [0, 0.1) is 6.92 Å². The molecule has 11 heteroatoms. The standard InChI is InChI=1S/C16H13F3N4O4/c1-9-6-12(22-27-9)21-13(24)8-26-14(25)7-23-11-5-3-2-4-10(11)20-15(23)16(17,18)19/h2-6H,7-8H2,1H3,(H,21,22,24). The Bertz CT molecular complexity index is 993. The molecule has 0 aliphatic rings. The molecule has 0 fully saturated rings. The molecule has 0 aliphatic carbocycles. The number of alkyl halides is 3. The normalized spacial score (nSPS) is 11.6. The Balaban J connectivity index is 1.68. The number of carbonyl (C=O) groups is 2. The van der Waals surface area contributed by atoms with E-state index in [2.05, 4.69) is 15.5 Å². The van der Waals surface area contributed by atoms with Gasteiger partial charge in [-0.1, -0.05) is 17.3 Å². The van der Waals surface area contributed by atoms with E-state index < -0.39 is 37.0 Å². The average molecular weight is 382 g/mol. The second-order valence-electron chi connectivity index (χ2n) is 5.54. The number of benzene rings is 1. The van der Waals surface area contributed by atoms with E-state index >= 15 is 0 Å². The molecule has 8 nitrogen and oxygen atoms in total. The van der Waals surface area contributed by atoms with Gasteiger partial charge in [-0.05, 0) is 19.1 Å². The van der Waals surface area contributed by atoms with Gasteiger partial charge in [0.05, 0.1) is 11.0 Å². The number of amides is 1. The highest BCUT2D eigenvalue weighted by Gasteiger charge is 2.38. The van der Waals surface area contributed by atoms with Crippen LogP contribution in [0.3, 0.4) is 0 Å². The maximum atomic E-state index is 13.2. The van der Waals surface area contributed by atoms with Gasteiger partial charge in [0.1, 0.15) is 12.3 Å². The average Bonchev–Trinajstić information content (AvgIpc) is 3.17. The van der Waals surface area contributed by atoms with Gasteiger partial charge in [0, 0.05) is 6.07 Å². The maximum Gasteiger partial charge on any atom is 0.449 e. The molecule has 0 saturated carbocycles. The number of aryl methyl sites for hydroxylation is 1. The van der Waals surface area contributed by atoms with Gasteiger partial charge >= 0.3 is 12.1 Å². The molecule has 1 amide bonds. The number of hydrogen-bond donors (Lipinski definition) is 1. The lowest BCUT2D eigenvalue weighted by molar-refractivity contribution is -0.152. The third-order valence-corrected chi connectivity index (χ3v) is 3.46. The molecular weight excluding hydrogens is 369 g/mol. The van der Waals surface area contributed by atoms with Gasteiger partial charge in [0.25, 0.3) is 5.91 Å². The molecule has 27 heavy (non-hydrogen) atoms. The van der Waals surface area contributed by atoms with Crippen LogP contribution in [0.1, 0.15) is 11.6 Å². The molecule has 0 atom stereocenters. The van der Waals surface area contributed by atoms with Crippen molar-refractivity contribution in [3.63, 3.8) is 0 Å². The number of anilines is 1. The highest BCUT2D eigenvalue weighted by atomic mass is 19.4. The maximum absolute atomic E-state index is 13.2. The number of nitrogens with zero attached hydrogens (tertiary/aromatic N) is 3. The summed E-state index contributed by atoms with van der Waals surface area (Å²) in [5.74, 6) is -2.34. The number of halogens is 3. The number of rotatable bonds is 5. The first kappa shape index (κ1) is 18.4. The zero-order valence-electron chi connectivity index (χ0n) is 13.9. The summed E-state index contributed by atoms with van der Waals surface area (Å²) in [6.07, 6.45) is -4.75. The summed E-state index contributed by atoms with van der Waals surface area (Å²) in [7, 11) is 0. The van der Waals surface area contributed by atoms with Gasteiger partial charge in [0.2, 0.25) is 5.82 Å². The van der Waals surface area contributed by atoms with E-state index in [0.717, 1.165) is 0 Å². The van der Waals surface area contributed by atoms with Crippen LogP contribution >= 0.6 is 0 Å².